The molecule has 0 saturated carbocycles. The van der Waals surface area contributed by atoms with E-state index in [4.69, 9.17) is 21.1 Å². The van der Waals surface area contributed by atoms with Crippen molar-refractivity contribution in [2.24, 2.45) is 0 Å². The van der Waals surface area contributed by atoms with Crippen LogP contribution in [0.5, 0.6) is 11.5 Å². The molecule has 0 aliphatic carbocycles. The average molecular weight is 434 g/mol. The molecule has 3 rings (SSSR count). The van der Waals surface area contributed by atoms with Gasteiger partial charge in [-0.2, -0.15) is 0 Å². The van der Waals surface area contributed by atoms with Crippen LogP contribution in [-0.4, -0.2) is 43.6 Å². The van der Waals surface area contributed by atoms with Crippen LogP contribution in [0.1, 0.15) is 22.8 Å². The second-order valence-corrected chi connectivity index (χ2v) is 8.29. The molecule has 5 nitrogen and oxygen atoms in total. The molecule has 2 aromatic carbocycles. The Kier molecular flexibility index (Phi) is 7.11. The molecule has 1 heterocycles. The Morgan fingerprint density at radius 1 is 1.24 bits per heavy atom. The first kappa shape index (κ1) is 21.6. The Bertz CT molecular complexity index is 904. The van der Waals surface area contributed by atoms with Crippen LogP contribution in [0.15, 0.2) is 49.1 Å². The molecule has 0 radical (unpaired) electrons. The number of thioether (sulfide) groups is 1. The Morgan fingerprint density at radius 3 is 2.69 bits per heavy atom. The van der Waals surface area contributed by atoms with Gasteiger partial charge in [0.05, 0.1) is 24.7 Å². The lowest BCUT2D eigenvalue weighted by molar-refractivity contribution is -0.118. The number of nitrogens with zero attached hydrogens (tertiary/aromatic N) is 1. The van der Waals surface area contributed by atoms with Crippen LogP contribution in [0.3, 0.4) is 0 Å². The molecular weight excluding hydrogens is 410 g/mol. The van der Waals surface area contributed by atoms with Crippen molar-refractivity contribution in [3.8, 4) is 11.5 Å². The monoisotopic (exact) mass is 433 g/mol. The second kappa shape index (κ2) is 9.57. The summed E-state index contributed by atoms with van der Waals surface area (Å²) < 4.78 is 11.1. The van der Waals surface area contributed by atoms with Crippen LogP contribution in [-0.2, 0) is 4.79 Å². The molecule has 0 aromatic heterocycles. The number of ether oxygens (including phenoxy) is 2. The number of amides is 1. The molecule has 2 unspecified atom stereocenters. The predicted molar refractivity (Wildman–Crippen MR) is 118 cm³/mol. The fourth-order valence-electron chi connectivity index (χ4n) is 3.55. The van der Waals surface area contributed by atoms with Crippen molar-refractivity contribution in [2.45, 2.75) is 16.9 Å². The molecule has 0 bridgehead atoms. The summed E-state index contributed by atoms with van der Waals surface area (Å²) in [4.78, 5) is 15.0. The first-order chi connectivity index (χ1) is 14.0. The molecule has 0 fully saturated rings. The largest absolute Gasteiger partial charge is 0.493 e. The quantitative estimate of drug-likeness (QED) is 0.653. The van der Waals surface area contributed by atoms with Crippen molar-refractivity contribution in [2.75, 3.05) is 32.3 Å². The maximum atomic E-state index is 13.3. The minimum Gasteiger partial charge on any atom is -0.493 e. The van der Waals surface area contributed by atoms with Crippen LogP contribution in [0.4, 0.5) is 5.69 Å². The van der Waals surface area contributed by atoms with E-state index in [1.54, 1.807) is 31.3 Å². The number of anilines is 1. The number of hydrogen-bond donors (Lipinski definition) is 1. The van der Waals surface area contributed by atoms with Crippen molar-refractivity contribution < 1.29 is 19.4 Å². The number of aliphatic hydroxyl groups excluding tert-OH is 1. The molecule has 1 N–H and O–H groups in total. The van der Waals surface area contributed by atoms with Crippen molar-refractivity contribution in [3.63, 3.8) is 0 Å². The highest BCUT2D eigenvalue weighted by molar-refractivity contribution is 8.01. The van der Waals surface area contributed by atoms with Gasteiger partial charge in [0.15, 0.2) is 11.5 Å². The van der Waals surface area contributed by atoms with E-state index >= 15 is 0 Å². The lowest BCUT2D eigenvalue weighted by Gasteiger charge is -2.24. The Morgan fingerprint density at radius 2 is 2.03 bits per heavy atom. The summed E-state index contributed by atoms with van der Waals surface area (Å²) >= 11 is 7.83. The molecule has 154 valence electrons. The van der Waals surface area contributed by atoms with E-state index in [1.807, 2.05) is 30.3 Å². The van der Waals surface area contributed by atoms with Gasteiger partial charge in [-0.1, -0.05) is 29.8 Å². The van der Waals surface area contributed by atoms with Crippen molar-refractivity contribution in [1.82, 2.24) is 0 Å². The third-order valence-electron chi connectivity index (χ3n) is 4.82. The average Bonchev–Trinajstić information content (AvgIpc) is 2.84. The maximum absolute atomic E-state index is 13.3. The SMILES string of the molecule is C=CCN1C(=O)C(CCO)SC(c2cccc(OC)c2OC)c2cc(Cl)ccc21. The second-order valence-electron chi connectivity index (χ2n) is 6.54. The van der Waals surface area contributed by atoms with Crippen molar-refractivity contribution in [1.29, 1.82) is 0 Å². The van der Waals surface area contributed by atoms with Gasteiger partial charge < -0.3 is 19.5 Å². The highest BCUT2D eigenvalue weighted by Crippen LogP contribution is 2.51. The molecule has 7 heteroatoms. The van der Waals surface area contributed by atoms with Gasteiger partial charge in [-0.05, 0) is 36.2 Å². The zero-order valence-corrected chi connectivity index (χ0v) is 18.0. The fourth-order valence-corrected chi connectivity index (χ4v) is 5.22. The lowest BCUT2D eigenvalue weighted by atomic mass is 10.00. The molecule has 29 heavy (non-hydrogen) atoms. The number of carbonyl (C=O) groups is 1. The summed E-state index contributed by atoms with van der Waals surface area (Å²) in [6.07, 6.45) is 2.05. The van der Waals surface area contributed by atoms with Gasteiger partial charge in [-0.3, -0.25) is 4.79 Å². The van der Waals surface area contributed by atoms with Crippen LogP contribution in [0.2, 0.25) is 5.02 Å². The number of aliphatic hydroxyl groups is 1. The fraction of sp³-hybridized carbons (Fsp3) is 0.318. The zero-order valence-electron chi connectivity index (χ0n) is 16.4. The number of benzene rings is 2. The van der Waals surface area contributed by atoms with Crippen LogP contribution in [0, 0.1) is 0 Å². The van der Waals surface area contributed by atoms with Gasteiger partial charge >= 0.3 is 0 Å². The van der Waals surface area contributed by atoms with Crippen LogP contribution < -0.4 is 14.4 Å². The molecular formula is C22H24ClNO4S. The summed E-state index contributed by atoms with van der Waals surface area (Å²) in [5.74, 6) is 1.18. The molecule has 1 aliphatic rings. The normalized spacial score (nSPS) is 18.8. The van der Waals surface area contributed by atoms with E-state index in [2.05, 4.69) is 6.58 Å². The summed E-state index contributed by atoms with van der Waals surface area (Å²) in [6.45, 7) is 4.09. The van der Waals surface area contributed by atoms with Crippen molar-refractivity contribution in [3.05, 3.63) is 65.2 Å². The summed E-state index contributed by atoms with van der Waals surface area (Å²) in [7, 11) is 3.19. The number of halogens is 1. The Labute approximate surface area is 180 Å². The Hall–Kier alpha value is -2.15. The molecule has 2 aromatic rings. The van der Waals surface area contributed by atoms with Crippen LogP contribution >= 0.6 is 23.4 Å². The summed E-state index contributed by atoms with van der Waals surface area (Å²) in [5.41, 5.74) is 2.57. The van der Waals surface area contributed by atoms with E-state index in [9.17, 15) is 9.90 Å². The van der Waals surface area contributed by atoms with Crippen molar-refractivity contribution >= 4 is 35.0 Å². The number of hydrogen-bond acceptors (Lipinski definition) is 5. The molecule has 0 spiro atoms. The zero-order chi connectivity index (χ0) is 21.0. The highest BCUT2D eigenvalue weighted by Gasteiger charge is 2.37. The lowest BCUT2D eigenvalue weighted by Crippen LogP contribution is -2.37. The van der Waals surface area contributed by atoms with Gasteiger partial charge in [0.1, 0.15) is 0 Å². The standard InChI is InChI=1S/C22H24ClNO4S/c1-4-11-24-17-9-8-14(23)13-16(17)21(29-19(10-12-25)22(24)26)15-6-5-7-18(27-2)20(15)28-3/h4-9,13,19,21,25H,1,10-12H2,2-3H3. The summed E-state index contributed by atoms with van der Waals surface area (Å²) in [5, 5.41) is 9.50. The van der Waals surface area contributed by atoms with Gasteiger partial charge in [0.2, 0.25) is 5.91 Å². The molecule has 0 saturated heterocycles. The van der Waals surface area contributed by atoms with E-state index in [0.717, 1.165) is 16.8 Å². The van der Waals surface area contributed by atoms with E-state index in [-0.39, 0.29) is 17.8 Å². The topological polar surface area (TPSA) is 59.0 Å². The molecule has 1 amide bonds. The first-order valence-electron chi connectivity index (χ1n) is 9.24. The number of fused-ring (bicyclic) bond motifs is 1. The molecule has 1 aliphatic heterocycles. The number of methoxy groups -OCH3 is 2. The minimum atomic E-state index is -0.424. The third-order valence-corrected chi connectivity index (χ3v) is 6.60. The predicted octanol–water partition coefficient (Wildman–Crippen LogP) is 4.46. The number of para-hydroxylation sites is 1. The van der Waals surface area contributed by atoms with Gasteiger partial charge in [-0.15, -0.1) is 18.3 Å². The van der Waals surface area contributed by atoms with Gasteiger partial charge in [-0.25, -0.2) is 0 Å². The van der Waals surface area contributed by atoms with E-state index < -0.39 is 5.25 Å². The van der Waals surface area contributed by atoms with Crippen LogP contribution in [0.25, 0.3) is 0 Å². The smallest absolute Gasteiger partial charge is 0.240 e. The minimum absolute atomic E-state index is 0.0584. The van der Waals surface area contributed by atoms with Gasteiger partial charge in [0.25, 0.3) is 0 Å². The van der Waals surface area contributed by atoms with E-state index in [0.29, 0.717) is 29.5 Å². The first-order valence-corrected chi connectivity index (χ1v) is 10.6. The molecule has 2 atom stereocenters. The maximum Gasteiger partial charge on any atom is 0.240 e. The number of carbonyl (C=O) groups excluding carboxylic acids is 1. The van der Waals surface area contributed by atoms with Gasteiger partial charge in [0, 0.05) is 29.4 Å². The third kappa shape index (κ3) is 4.25. The highest BCUT2D eigenvalue weighted by atomic mass is 35.5. The number of rotatable bonds is 7. The van der Waals surface area contributed by atoms with E-state index in [1.165, 1.54) is 11.8 Å². The summed E-state index contributed by atoms with van der Waals surface area (Å²) in [6, 6.07) is 11.2. The Balaban J connectivity index is 2.25.